The fraction of sp³-hybridized carbons (Fsp3) is 0.368. The van der Waals surface area contributed by atoms with Crippen LogP contribution in [0.15, 0.2) is 42.5 Å². The number of hydrogen-bond donors (Lipinski definition) is 1. The van der Waals surface area contributed by atoms with Crippen molar-refractivity contribution >= 4 is 24.8 Å². The number of benzene rings is 2. The molecule has 0 radical (unpaired) electrons. The van der Waals surface area contributed by atoms with E-state index in [-0.39, 0.29) is 42.4 Å². The molecule has 0 amide bonds. The second-order valence-corrected chi connectivity index (χ2v) is 6.20. The third kappa shape index (κ3) is 6.64. The van der Waals surface area contributed by atoms with Crippen LogP contribution in [-0.4, -0.2) is 44.6 Å². The number of halogens is 6. The predicted molar refractivity (Wildman–Crippen MR) is 107 cm³/mol. The largest absolute Gasteiger partial charge is 0.573 e. The lowest BCUT2D eigenvalue weighted by atomic mass is 9.96. The van der Waals surface area contributed by atoms with Crippen molar-refractivity contribution in [3.63, 3.8) is 0 Å². The molecule has 1 aliphatic heterocycles. The minimum atomic E-state index is -4.73. The van der Waals surface area contributed by atoms with Gasteiger partial charge in [0.2, 0.25) is 0 Å². The standard InChI is InChI=1S/C19H20F4N2O2.2ClH/c1-26-17-12-14(4-7-16(17)20)18(25-10-8-24-9-11-25)13-2-5-15(6-3-13)27-19(21,22)23;;/h2-7,12,18,24H,8-11H2,1H3;2*1H/t18-;;/m0../s1. The molecular weight excluding hydrogens is 435 g/mol. The normalized spacial score (nSPS) is 15.6. The summed E-state index contributed by atoms with van der Waals surface area (Å²) in [6.45, 7) is 3.10. The molecule has 1 saturated heterocycles. The molecule has 1 atom stereocenters. The first-order valence-electron chi connectivity index (χ1n) is 8.51. The Hall–Kier alpha value is -1.74. The van der Waals surface area contributed by atoms with Gasteiger partial charge >= 0.3 is 6.36 Å². The Balaban J connectivity index is 0.00000210. The lowest BCUT2D eigenvalue weighted by Gasteiger charge is -2.35. The molecule has 162 valence electrons. The van der Waals surface area contributed by atoms with E-state index in [1.54, 1.807) is 24.3 Å². The summed E-state index contributed by atoms with van der Waals surface area (Å²) in [6, 6.07) is 10.2. The summed E-state index contributed by atoms with van der Waals surface area (Å²) < 4.78 is 60.0. The van der Waals surface area contributed by atoms with Crippen molar-refractivity contribution in [3.05, 3.63) is 59.4 Å². The summed E-state index contributed by atoms with van der Waals surface area (Å²) in [5.74, 6) is -0.610. The molecule has 29 heavy (non-hydrogen) atoms. The lowest BCUT2D eigenvalue weighted by Crippen LogP contribution is -2.45. The number of methoxy groups -OCH3 is 1. The summed E-state index contributed by atoms with van der Waals surface area (Å²) >= 11 is 0. The molecule has 4 nitrogen and oxygen atoms in total. The Morgan fingerprint density at radius 2 is 1.55 bits per heavy atom. The smallest absolute Gasteiger partial charge is 0.494 e. The molecule has 2 aromatic rings. The van der Waals surface area contributed by atoms with Crippen LogP contribution in [-0.2, 0) is 0 Å². The average molecular weight is 457 g/mol. The first-order chi connectivity index (χ1) is 12.9. The second-order valence-electron chi connectivity index (χ2n) is 6.20. The summed E-state index contributed by atoms with van der Waals surface area (Å²) in [6.07, 6.45) is -4.73. The van der Waals surface area contributed by atoms with Crippen LogP contribution in [0, 0.1) is 5.82 Å². The first kappa shape index (κ1) is 25.3. The van der Waals surface area contributed by atoms with E-state index in [9.17, 15) is 17.6 Å². The van der Waals surface area contributed by atoms with Gasteiger partial charge in [-0.15, -0.1) is 38.0 Å². The molecule has 1 fully saturated rings. The van der Waals surface area contributed by atoms with E-state index in [4.69, 9.17) is 4.74 Å². The van der Waals surface area contributed by atoms with Crippen molar-refractivity contribution in [3.8, 4) is 11.5 Å². The highest BCUT2D eigenvalue weighted by Crippen LogP contribution is 2.33. The average Bonchev–Trinajstić information content (AvgIpc) is 2.64. The number of nitrogens with zero attached hydrogens (tertiary/aromatic N) is 1. The molecular formula is C19H22Cl2F4N2O2. The van der Waals surface area contributed by atoms with Crippen molar-refractivity contribution in [2.24, 2.45) is 0 Å². The van der Waals surface area contributed by atoms with Crippen LogP contribution in [0.1, 0.15) is 17.2 Å². The molecule has 10 heteroatoms. The van der Waals surface area contributed by atoms with Crippen LogP contribution in [0.3, 0.4) is 0 Å². The van der Waals surface area contributed by atoms with E-state index >= 15 is 0 Å². The van der Waals surface area contributed by atoms with Crippen molar-refractivity contribution < 1.29 is 27.0 Å². The Bertz CT molecular complexity index is 770. The number of alkyl halides is 3. The van der Waals surface area contributed by atoms with E-state index in [1.807, 2.05) is 0 Å². The molecule has 1 heterocycles. The van der Waals surface area contributed by atoms with Crippen LogP contribution in [0.5, 0.6) is 11.5 Å². The maximum absolute atomic E-state index is 13.8. The zero-order chi connectivity index (χ0) is 19.4. The molecule has 2 aromatic carbocycles. The van der Waals surface area contributed by atoms with E-state index in [2.05, 4.69) is 15.0 Å². The molecule has 0 saturated carbocycles. The van der Waals surface area contributed by atoms with Gasteiger partial charge in [0, 0.05) is 26.2 Å². The number of hydrogen-bond acceptors (Lipinski definition) is 4. The van der Waals surface area contributed by atoms with Crippen LogP contribution >= 0.6 is 24.8 Å². The van der Waals surface area contributed by atoms with Gasteiger partial charge in [0.25, 0.3) is 0 Å². The molecule has 0 unspecified atom stereocenters. The van der Waals surface area contributed by atoms with Gasteiger partial charge < -0.3 is 14.8 Å². The highest BCUT2D eigenvalue weighted by atomic mass is 35.5. The predicted octanol–water partition coefficient (Wildman–Crippen LogP) is 4.57. The Morgan fingerprint density at radius 3 is 2.10 bits per heavy atom. The highest BCUT2D eigenvalue weighted by Gasteiger charge is 2.31. The Kier molecular flexibility index (Phi) is 9.48. The van der Waals surface area contributed by atoms with Gasteiger partial charge in [-0.3, -0.25) is 4.90 Å². The monoisotopic (exact) mass is 456 g/mol. The Morgan fingerprint density at radius 1 is 0.966 bits per heavy atom. The second kappa shape index (κ2) is 10.9. The fourth-order valence-electron chi connectivity index (χ4n) is 3.25. The summed E-state index contributed by atoms with van der Waals surface area (Å²) in [4.78, 5) is 2.20. The topological polar surface area (TPSA) is 33.7 Å². The molecule has 0 spiro atoms. The Labute approximate surface area is 179 Å². The van der Waals surface area contributed by atoms with Gasteiger partial charge in [0.05, 0.1) is 13.2 Å². The number of rotatable bonds is 5. The number of piperazine rings is 1. The van der Waals surface area contributed by atoms with Gasteiger partial charge in [0.1, 0.15) is 5.75 Å². The van der Waals surface area contributed by atoms with Crippen molar-refractivity contribution in [1.29, 1.82) is 0 Å². The third-order valence-electron chi connectivity index (χ3n) is 4.44. The molecule has 0 aromatic heterocycles. The molecule has 3 rings (SSSR count). The zero-order valence-corrected chi connectivity index (χ0v) is 17.2. The third-order valence-corrected chi connectivity index (χ3v) is 4.44. The van der Waals surface area contributed by atoms with Crippen molar-refractivity contribution in [2.45, 2.75) is 12.4 Å². The number of ether oxygens (including phenoxy) is 2. The maximum Gasteiger partial charge on any atom is 0.573 e. The van der Waals surface area contributed by atoms with Gasteiger partial charge in [-0.1, -0.05) is 18.2 Å². The summed E-state index contributed by atoms with van der Waals surface area (Å²) in [5.41, 5.74) is 1.60. The van der Waals surface area contributed by atoms with Gasteiger partial charge in [-0.05, 0) is 35.4 Å². The summed E-state index contributed by atoms with van der Waals surface area (Å²) in [7, 11) is 1.39. The fourth-order valence-corrected chi connectivity index (χ4v) is 3.25. The number of nitrogens with one attached hydrogen (secondary N) is 1. The van der Waals surface area contributed by atoms with E-state index in [0.29, 0.717) is 0 Å². The molecule has 1 aliphatic rings. The van der Waals surface area contributed by atoms with Crippen LogP contribution in [0.2, 0.25) is 0 Å². The minimum absolute atomic E-state index is 0. The lowest BCUT2D eigenvalue weighted by molar-refractivity contribution is -0.274. The summed E-state index contributed by atoms with van der Waals surface area (Å²) in [5, 5.41) is 3.27. The SMILES string of the molecule is COc1cc([C@H](c2ccc(OC(F)(F)F)cc2)N2CCNCC2)ccc1F.Cl.Cl. The quantitative estimate of drug-likeness (QED) is 0.668. The van der Waals surface area contributed by atoms with Gasteiger partial charge in [-0.2, -0.15) is 0 Å². The van der Waals surface area contributed by atoms with Crippen molar-refractivity contribution in [2.75, 3.05) is 33.3 Å². The van der Waals surface area contributed by atoms with E-state index < -0.39 is 12.2 Å². The molecule has 1 N–H and O–H groups in total. The van der Waals surface area contributed by atoms with Crippen LogP contribution in [0.4, 0.5) is 17.6 Å². The van der Waals surface area contributed by atoms with E-state index in [1.165, 1.54) is 25.3 Å². The highest BCUT2D eigenvalue weighted by molar-refractivity contribution is 5.85. The van der Waals surface area contributed by atoms with E-state index in [0.717, 1.165) is 37.3 Å². The molecule has 0 aliphatic carbocycles. The van der Waals surface area contributed by atoms with Crippen molar-refractivity contribution in [1.82, 2.24) is 10.2 Å². The zero-order valence-electron chi connectivity index (χ0n) is 15.5. The van der Waals surface area contributed by atoms with Crippen LogP contribution in [0.25, 0.3) is 0 Å². The molecule has 0 bridgehead atoms. The first-order valence-corrected chi connectivity index (χ1v) is 8.51. The maximum atomic E-state index is 13.8. The van der Waals surface area contributed by atoms with Gasteiger partial charge in [0.15, 0.2) is 11.6 Å². The van der Waals surface area contributed by atoms with Gasteiger partial charge in [-0.25, -0.2) is 4.39 Å². The minimum Gasteiger partial charge on any atom is -0.494 e. The van der Waals surface area contributed by atoms with Crippen LogP contribution < -0.4 is 14.8 Å².